The van der Waals surface area contributed by atoms with Gasteiger partial charge in [-0.1, -0.05) is 19.4 Å². The van der Waals surface area contributed by atoms with E-state index in [0.717, 1.165) is 0 Å². The molecule has 0 aliphatic rings. The monoisotopic (exact) mass is 261 g/mol. The number of ether oxygens (including phenoxy) is 1. The van der Waals surface area contributed by atoms with E-state index in [2.05, 4.69) is 12.2 Å². The zero-order chi connectivity index (χ0) is 9.99. The number of carbonyl (C=O) groups excluding carboxylic acids is 1. The molecule has 3 nitrogen and oxygen atoms in total. The van der Waals surface area contributed by atoms with Crippen molar-refractivity contribution in [1.82, 2.24) is 5.32 Å². The Bertz CT molecular complexity index is 149. The number of hydrogen-bond donors (Lipinski definition) is 1. The summed E-state index contributed by atoms with van der Waals surface area (Å²) >= 11 is 0. The fourth-order valence-corrected chi connectivity index (χ4v) is 0.580. The minimum Gasteiger partial charge on any atom is -0.444 e. The van der Waals surface area contributed by atoms with E-state index in [1.54, 1.807) is 13.8 Å². The molecule has 75 valence electrons. The molecule has 0 aliphatic heterocycles. The summed E-state index contributed by atoms with van der Waals surface area (Å²) in [6.45, 7) is 12.8. The summed E-state index contributed by atoms with van der Waals surface area (Å²) in [6.07, 6.45) is -0.428. The van der Waals surface area contributed by atoms with Crippen LogP contribution in [0.25, 0.3) is 0 Å². The van der Waals surface area contributed by atoms with Crippen molar-refractivity contribution in [2.45, 2.75) is 45.8 Å². The van der Waals surface area contributed by atoms with Gasteiger partial charge in [-0.2, -0.15) is 0 Å². The first-order chi connectivity index (χ1) is 5.10. The molecule has 0 rings (SSSR count). The number of carbonyl (C=O) groups is 1. The fourth-order valence-electron chi connectivity index (χ4n) is 0.580. The normalized spacial score (nSPS) is 11.5. The molecule has 0 fully saturated rings. The van der Waals surface area contributed by atoms with Crippen molar-refractivity contribution in [3.8, 4) is 0 Å². The van der Waals surface area contributed by atoms with E-state index in [9.17, 15) is 4.79 Å². The van der Waals surface area contributed by atoms with Crippen LogP contribution in [0, 0.1) is 6.92 Å². The summed E-state index contributed by atoms with van der Waals surface area (Å²) in [5.74, 6) is 0. The third-order valence-corrected chi connectivity index (χ3v) is 0.839. The molecule has 0 saturated heterocycles. The van der Waals surface area contributed by atoms with Gasteiger partial charge in [-0.15, -0.1) is 0 Å². The Balaban J connectivity index is 0. The zero-order valence-corrected chi connectivity index (χ0v) is 11.9. The zero-order valence-electron chi connectivity index (χ0n) is 9.10. The second kappa shape index (κ2) is 5.30. The maximum atomic E-state index is 11.1. The quantitative estimate of drug-likeness (QED) is 0.734. The van der Waals surface area contributed by atoms with Gasteiger partial charge in [0.15, 0.2) is 0 Å². The topological polar surface area (TPSA) is 38.3 Å². The van der Waals surface area contributed by atoms with Crippen LogP contribution in [0.3, 0.4) is 0 Å². The van der Waals surface area contributed by atoms with Gasteiger partial charge >= 0.3 is 6.09 Å². The molecular formula is C9H18NO2Y-. The van der Waals surface area contributed by atoms with Gasteiger partial charge in [0.25, 0.3) is 0 Å². The predicted molar refractivity (Wildman–Crippen MR) is 48.8 cm³/mol. The molecule has 0 atom stereocenters. The summed E-state index contributed by atoms with van der Waals surface area (Å²) in [4.78, 5) is 11.1. The van der Waals surface area contributed by atoms with E-state index in [0.29, 0.717) is 0 Å². The van der Waals surface area contributed by atoms with Crippen LogP contribution in [0.4, 0.5) is 4.79 Å². The summed E-state index contributed by atoms with van der Waals surface area (Å²) < 4.78 is 5.02. The first-order valence-corrected chi connectivity index (χ1v) is 3.97. The molecule has 0 aromatic carbocycles. The van der Waals surface area contributed by atoms with Crippen LogP contribution in [-0.2, 0) is 37.4 Å². The van der Waals surface area contributed by atoms with E-state index < -0.39 is 17.2 Å². The SMILES string of the molecule is [CH2-]C(C)(C)NC(=O)OC(C)(C)C.[Y]. The Labute approximate surface area is 106 Å². The second-order valence-electron chi connectivity index (χ2n) is 4.51. The van der Waals surface area contributed by atoms with Gasteiger partial charge in [-0.3, -0.25) is 0 Å². The van der Waals surface area contributed by atoms with E-state index in [4.69, 9.17) is 4.74 Å². The Morgan fingerprint density at radius 2 is 1.62 bits per heavy atom. The molecule has 13 heavy (non-hydrogen) atoms. The van der Waals surface area contributed by atoms with E-state index in [1.807, 2.05) is 20.8 Å². The molecule has 1 amide bonds. The molecule has 1 N–H and O–H groups in total. The first-order valence-electron chi connectivity index (χ1n) is 3.97. The van der Waals surface area contributed by atoms with Crippen LogP contribution in [-0.4, -0.2) is 17.2 Å². The molecular weight excluding hydrogens is 243 g/mol. The molecule has 0 aromatic heterocycles. The Kier molecular flexibility index (Phi) is 6.46. The van der Waals surface area contributed by atoms with E-state index >= 15 is 0 Å². The molecule has 0 unspecified atom stereocenters. The van der Waals surface area contributed by atoms with Gasteiger partial charge in [-0.05, 0) is 20.8 Å². The van der Waals surface area contributed by atoms with Crippen LogP contribution < -0.4 is 5.32 Å². The van der Waals surface area contributed by atoms with Crippen molar-refractivity contribution in [3.05, 3.63) is 6.92 Å². The Morgan fingerprint density at radius 3 is 1.85 bits per heavy atom. The molecule has 0 aliphatic carbocycles. The van der Waals surface area contributed by atoms with Gasteiger partial charge < -0.3 is 17.0 Å². The number of alkyl carbamates (subject to hydrolysis) is 1. The van der Waals surface area contributed by atoms with Crippen molar-refractivity contribution < 1.29 is 42.2 Å². The van der Waals surface area contributed by atoms with Gasteiger partial charge in [0, 0.05) is 32.7 Å². The Hall–Kier alpha value is 0.374. The number of nitrogens with one attached hydrogen (secondary N) is 1. The van der Waals surface area contributed by atoms with Crippen LogP contribution >= 0.6 is 0 Å². The third kappa shape index (κ3) is 12.4. The first kappa shape index (κ1) is 15.8. The van der Waals surface area contributed by atoms with E-state index in [-0.39, 0.29) is 32.7 Å². The van der Waals surface area contributed by atoms with Gasteiger partial charge in [-0.25, -0.2) is 4.79 Å². The standard InChI is InChI=1S/C9H18NO2.Y/c1-8(2,3)10-7(11)12-9(4,5)6;/h1H2,2-6H3,(H,10,11);/q-1;. The maximum Gasteiger partial charge on any atom is 0.405 e. The van der Waals surface area contributed by atoms with Crippen LogP contribution in [0.15, 0.2) is 0 Å². The predicted octanol–water partition coefficient (Wildman–Crippen LogP) is 2.12. The van der Waals surface area contributed by atoms with E-state index in [1.165, 1.54) is 0 Å². The molecule has 0 bridgehead atoms. The van der Waals surface area contributed by atoms with Crippen molar-refractivity contribution >= 4 is 6.09 Å². The van der Waals surface area contributed by atoms with Crippen molar-refractivity contribution in [1.29, 1.82) is 0 Å². The Morgan fingerprint density at radius 1 is 1.23 bits per heavy atom. The van der Waals surface area contributed by atoms with Crippen LogP contribution in [0.1, 0.15) is 34.6 Å². The van der Waals surface area contributed by atoms with Gasteiger partial charge in [0.2, 0.25) is 0 Å². The third-order valence-electron chi connectivity index (χ3n) is 0.839. The molecule has 0 saturated carbocycles. The van der Waals surface area contributed by atoms with Gasteiger partial charge in [0.1, 0.15) is 5.60 Å². The molecule has 0 heterocycles. The molecule has 0 aromatic rings. The summed E-state index contributed by atoms with van der Waals surface area (Å²) in [7, 11) is 0. The van der Waals surface area contributed by atoms with Crippen molar-refractivity contribution in [2.24, 2.45) is 0 Å². The maximum absolute atomic E-state index is 11.1. The summed E-state index contributed by atoms with van der Waals surface area (Å²) in [6, 6.07) is 0. The van der Waals surface area contributed by atoms with Crippen LogP contribution in [0.2, 0.25) is 0 Å². The fraction of sp³-hybridized carbons (Fsp3) is 0.778. The van der Waals surface area contributed by atoms with Crippen molar-refractivity contribution in [3.63, 3.8) is 0 Å². The summed E-state index contributed by atoms with van der Waals surface area (Å²) in [5, 5.41) is 2.60. The largest absolute Gasteiger partial charge is 0.444 e. The summed E-state index contributed by atoms with van der Waals surface area (Å²) in [5.41, 5.74) is -0.933. The second-order valence-corrected chi connectivity index (χ2v) is 4.51. The number of hydrogen-bond acceptors (Lipinski definition) is 2. The molecule has 4 heteroatoms. The average Bonchev–Trinajstić information content (AvgIpc) is 1.49. The molecule has 0 spiro atoms. The van der Waals surface area contributed by atoms with Gasteiger partial charge in [0.05, 0.1) is 0 Å². The minimum atomic E-state index is -0.484. The smallest absolute Gasteiger partial charge is 0.405 e. The number of amides is 1. The molecule has 1 radical (unpaired) electrons. The van der Waals surface area contributed by atoms with Crippen LogP contribution in [0.5, 0.6) is 0 Å². The minimum absolute atomic E-state index is 0. The number of rotatable bonds is 1. The van der Waals surface area contributed by atoms with Crippen molar-refractivity contribution in [2.75, 3.05) is 0 Å². The average molecular weight is 261 g/mol.